The van der Waals surface area contributed by atoms with Crippen LogP contribution in [-0.4, -0.2) is 146 Å². The zero-order valence-electron chi connectivity index (χ0n) is 46.3. The summed E-state index contributed by atoms with van der Waals surface area (Å²) in [5, 5.41) is 17.1. The third-order valence-corrected chi connectivity index (χ3v) is 15.3. The zero-order chi connectivity index (χ0) is 55.5. The van der Waals surface area contributed by atoms with Gasteiger partial charge >= 0.3 is 0 Å². The maximum atomic E-state index is 15.0. The first-order valence-electron chi connectivity index (χ1n) is 26.3. The van der Waals surface area contributed by atoms with Crippen molar-refractivity contribution >= 4 is 89.7 Å². The highest BCUT2D eigenvalue weighted by Crippen LogP contribution is 2.43. The van der Waals surface area contributed by atoms with Crippen LogP contribution in [0.4, 0.5) is 30.2 Å². The van der Waals surface area contributed by atoms with Gasteiger partial charge in [-0.3, -0.25) is 38.6 Å². The van der Waals surface area contributed by atoms with Gasteiger partial charge in [0.05, 0.1) is 37.8 Å². The van der Waals surface area contributed by atoms with Gasteiger partial charge in [0.1, 0.15) is 35.2 Å². The van der Waals surface area contributed by atoms with Crippen molar-refractivity contribution in [3.8, 4) is 0 Å². The molecular weight excluding hydrogens is 1100 g/mol. The molecule has 4 aromatic rings. The number of benzene rings is 4. The Kier molecular flexibility index (Phi) is 22.2. The highest BCUT2D eigenvalue weighted by atomic mass is 35.5. The van der Waals surface area contributed by atoms with Crippen LogP contribution in [-0.2, 0) is 51.9 Å². The number of nitrogens with zero attached hydrogens (tertiary/aromatic N) is 4. The van der Waals surface area contributed by atoms with E-state index in [4.69, 9.17) is 4.74 Å². The number of carbonyl (C=O) groups is 6. The second kappa shape index (κ2) is 27.3. The van der Waals surface area contributed by atoms with Gasteiger partial charge in [0.2, 0.25) is 29.5 Å². The Morgan fingerprint density at radius 3 is 2.23 bits per heavy atom. The number of piperazine rings is 1. The van der Waals surface area contributed by atoms with E-state index >= 15 is 0 Å². The summed E-state index contributed by atoms with van der Waals surface area (Å²) in [5.41, 5.74) is 0.985. The van der Waals surface area contributed by atoms with Crippen molar-refractivity contribution in [2.24, 2.45) is 5.41 Å². The predicted octanol–water partition coefficient (Wildman–Crippen LogP) is 5.86. The molecule has 0 bridgehead atoms. The third kappa shape index (κ3) is 14.6. The number of morpholine rings is 1. The largest absolute Gasteiger partial charge is 0.379 e. The molecule has 0 aliphatic carbocycles. The average molecular weight is 1170 g/mol. The molecule has 17 nitrogen and oxygen atoms in total. The fourth-order valence-electron chi connectivity index (χ4n) is 10.7. The summed E-state index contributed by atoms with van der Waals surface area (Å²) in [7, 11) is 1.60. The maximum absolute atomic E-state index is 15.0. The molecule has 0 radical (unpaired) electrons. The number of halogens is 6. The molecule has 0 unspecified atom stereocenters. The molecule has 436 valence electrons. The Hall–Kier alpha value is -5.84. The van der Waals surface area contributed by atoms with Crippen LogP contribution in [0.3, 0.4) is 0 Å². The lowest BCUT2D eigenvalue weighted by atomic mass is 9.83. The summed E-state index contributed by atoms with van der Waals surface area (Å²) >= 11 is 0. The molecule has 6 N–H and O–H groups in total. The predicted molar refractivity (Wildman–Crippen MR) is 308 cm³/mol. The standard InChI is InChI=1S/C57H71F3N10O7.3ClH/c1-33-27-68(41(25-62-33)29-67-20-21-77-31-34(67)2)30-48(72)70-32-57(7,43-19-14-37(23-46(43)70)22-36-12-16-39(58)17-13-36)55(76)63-26-47(71)64-40-18-15-38-28-69(54(75)51(56(4,5)6)66-52(73)35(3)61-8)50(42(38)24-40)53(74)65-49-44(59)10-9-11-45(49)60;;;/h9-19,23-24,33-35,41,50-51,61-62H,20-22,25-32H2,1-8H3,(H,63,76)(H,64,71)(H,65,74)(H,66,73);3*1H/t33-,34-,35+,41-,50+,51-,57-;;;/m1.../s1. The van der Waals surface area contributed by atoms with Crippen LogP contribution < -0.4 is 36.8 Å². The molecule has 80 heavy (non-hydrogen) atoms. The van der Waals surface area contributed by atoms with Gasteiger partial charge in [-0.2, -0.15) is 0 Å². The van der Waals surface area contributed by atoms with Crippen LogP contribution in [0, 0.1) is 22.9 Å². The second-order valence-electron chi connectivity index (χ2n) is 22.2. The van der Waals surface area contributed by atoms with Gasteiger partial charge in [0, 0.05) is 68.8 Å². The van der Waals surface area contributed by atoms with E-state index in [1.54, 1.807) is 70.8 Å². The molecular formula is C57H74Cl3F3N10O7. The smallest absolute Gasteiger partial charge is 0.252 e. The summed E-state index contributed by atoms with van der Waals surface area (Å²) in [4.78, 5) is 92.6. The lowest BCUT2D eigenvalue weighted by Crippen LogP contribution is -2.62. The summed E-state index contributed by atoms with van der Waals surface area (Å²) < 4.78 is 49.5. The number of fused-ring (bicyclic) bond motifs is 2. The molecule has 0 saturated carbocycles. The first-order valence-corrected chi connectivity index (χ1v) is 26.3. The van der Waals surface area contributed by atoms with Crippen LogP contribution in [0.5, 0.6) is 0 Å². The number of carbonyl (C=O) groups excluding carboxylic acids is 6. The number of anilines is 3. The van der Waals surface area contributed by atoms with E-state index in [1.165, 1.54) is 23.1 Å². The highest BCUT2D eigenvalue weighted by molar-refractivity contribution is 6.05. The summed E-state index contributed by atoms with van der Waals surface area (Å²) in [5.74, 6) is -5.77. The van der Waals surface area contributed by atoms with Gasteiger partial charge in [-0.1, -0.05) is 57.2 Å². The van der Waals surface area contributed by atoms with Crippen LogP contribution >= 0.6 is 37.2 Å². The Balaban J connectivity index is 0.00000392. The van der Waals surface area contributed by atoms with Gasteiger partial charge in [-0.05, 0) is 117 Å². The number of rotatable bonds is 16. The molecule has 4 heterocycles. The Labute approximate surface area is 484 Å². The van der Waals surface area contributed by atoms with Crippen molar-refractivity contribution in [3.05, 3.63) is 124 Å². The minimum absolute atomic E-state index is 0. The molecule has 7 atom stereocenters. The van der Waals surface area contributed by atoms with Gasteiger partial charge in [-0.15, -0.1) is 37.2 Å². The second-order valence-corrected chi connectivity index (χ2v) is 22.2. The number of para-hydroxylation sites is 1. The quantitative estimate of drug-likeness (QED) is 0.0787. The fourth-order valence-corrected chi connectivity index (χ4v) is 10.7. The number of amides is 6. The minimum Gasteiger partial charge on any atom is -0.379 e. The average Bonchev–Trinajstić information content (AvgIpc) is 3.93. The number of ether oxygens (including phenoxy) is 1. The van der Waals surface area contributed by atoms with E-state index in [-0.39, 0.29) is 98.0 Å². The SMILES string of the molecule is CN[C@@H](C)C(=O)N[C@H](C(=O)N1Cc2ccc(NC(=O)CNC(=O)[C@]3(C)CN(C(=O)CN4C[C@@H](C)NC[C@@H]4CN4CCOC[C@H]4C)c4cc(Cc5ccc(F)cc5)ccc43)cc2[C@H]1C(=O)Nc1c(F)cccc1F)C(C)(C)C.Cl.Cl.Cl. The molecule has 6 amide bonds. The van der Waals surface area contributed by atoms with E-state index < -0.39 is 82.4 Å². The molecule has 0 spiro atoms. The lowest BCUT2D eigenvalue weighted by molar-refractivity contribution is -0.144. The molecule has 8 rings (SSSR count). The monoisotopic (exact) mass is 1170 g/mol. The number of likely N-dealkylation sites (N-methyl/N-ethyl adjacent to an activating group) is 1. The number of hydrogen-bond acceptors (Lipinski definition) is 11. The molecule has 4 aliphatic heterocycles. The summed E-state index contributed by atoms with van der Waals surface area (Å²) in [6.07, 6.45) is 0.451. The first kappa shape index (κ1) is 65.0. The van der Waals surface area contributed by atoms with Crippen LogP contribution in [0.2, 0.25) is 0 Å². The molecule has 0 aromatic heterocycles. The normalized spacial score (nSPS) is 21.5. The number of nitrogens with one attached hydrogen (secondary N) is 6. The first-order chi connectivity index (χ1) is 36.5. The molecule has 23 heteroatoms. The summed E-state index contributed by atoms with van der Waals surface area (Å²) in [6, 6.07) is 16.8. The van der Waals surface area contributed by atoms with Crippen molar-refractivity contribution in [3.63, 3.8) is 0 Å². The van der Waals surface area contributed by atoms with Crippen LogP contribution in [0.25, 0.3) is 0 Å². The van der Waals surface area contributed by atoms with Gasteiger partial charge in [-0.25, -0.2) is 13.2 Å². The van der Waals surface area contributed by atoms with Crippen molar-refractivity contribution in [1.82, 2.24) is 36.0 Å². The minimum atomic E-state index is -1.46. The van der Waals surface area contributed by atoms with Crippen molar-refractivity contribution in [2.75, 3.05) is 81.6 Å². The molecule has 4 aromatic carbocycles. The number of hydrogen-bond donors (Lipinski definition) is 6. The van der Waals surface area contributed by atoms with Crippen LogP contribution in [0.1, 0.15) is 82.3 Å². The van der Waals surface area contributed by atoms with Crippen molar-refractivity contribution in [1.29, 1.82) is 0 Å². The van der Waals surface area contributed by atoms with E-state index in [0.29, 0.717) is 49.5 Å². The Morgan fingerprint density at radius 2 is 1.56 bits per heavy atom. The molecule has 4 aliphatic rings. The molecule has 2 saturated heterocycles. The van der Waals surface area contributed by atoms with Gasteiger partial charge < -0.3 is 46.4 Å². The van der Waals surface area contributed by atoms with E-state index in [1.807, 2.05) is 18.2 Å². The maximum Gasteiger partial charge on any atom is 0.252 e. The summed E-state index contributed by atoms with van der Waals surface area (Å²) in [6.45, 7) is 16.5. The van der Waals surface area contributed by atoms with E-state index in [0.717, 1.165) is 42.4 Å². The van der Waals surface area contributed by atoms with E-state index in [9.17, 15) is 41.9 Å². The Morgan fingerprint density at radius 1 is 0.875 bits per heavy atom. The van der Waals surface area contributed by atoms with Gasteiger partial charge in [0.15, 0.2) is 0 Å². The van der Waals surface area contributed by atoms with Crippen molar-refractivity contribution < 1.29 is 46.7 Å². The van der Waals surface area contributed by atoms with Gasteiger partial charge in [0.25, 0.3) is 5.91 Å². The van der Waals surface area contributed by atoms with Crippen molar-refractivity contribution in [2.45, 2.75) is 103 Å². The van der Waals surface area contributed by atoms with E-state index in [2.05, 4.69) is 55.5 Å². The lowest BCUT2D eigenvalue weighted by Gasteiger charge is -2.43. The topological polar surface area (TPSA) is 197 Å². The fraction of sp³-hybridized carbons (Fsp3) is 0.474. The molecule has 2 fully saturated rings. The Bertz CT molecular complexity index is 2880. The third-order valence-electron chi connectivity index (χ3n) is 15.3. The highest BCUT2D eigenvalue weighted by Gasteiger charge is 2.48. The van der Waals surface area contributed by atoms with Crippen LogP contribution in [0.15, 0.2) is 78.9 Å². The zero-order valence-corrected chi connectivity index (χ0v) is 48.7.